The second-order valence-electron chi connectivity index (χ2n) is 5.97. The van der Waals surface area contributed by atoms with Crippen molar-refractivity contribution in [1.29, 1.82) is 0 Å². The molecular weight excluding hydrogens is 196 g/mol. The van der Waals surface area contributed by atoms with Crippen LogP contribution < -0.4 is 5.32 Å². The van der Waals surface area contributed by atoms with E-state index < -0.39 is 0 Å². The standard InChI is InChI=1S/C14H30N2/c1-12(2)7-8-13(3)16(4)11-14-6-5-9-15-10-14/h12-15H,5-11H2,1-4H3. The molecule has 16 heavy (non-hydrogen) atoms. The molecule has 1 aliphatic heterocycles. The van der Waals surface area contributed by atoms with Crippen LogP contribution >= 0.6 is 0 Å². The van der Waals surface area contributed by atoms with Gasteiger partial charge in [0.05, 0.1) is 0 Å². The number of nitrogens with zero attached hydrogens (tertiary/aromatic N) is 1. The van der Waals surface area contributed by atoms with Crippen LogP contribution in [0.25, 0.3) is 0 Å². The topological polar surface area (TPSA) is 15.3 Å². The quantitative estimate of drug-likeness (QED) is 0.749. The molecule has 2 atom stereocenters. The molecule has 1 saturated heterocycles. The van der Waals surface area contributed by atoms with Crippen molar-refractivity contribution in [2.45, 2.75) is 52.5 Å². The zero-order valence-electron chi connectivity index (χ0n) is 11.6. The maximum absolute atomic E-state index is 3.50. The molecule has 1 fully saturated rings. The summed E-state index contributed by atoms with van der Waals surface area (Å²) in [6.45, 7) is 10.7. The van der Waals surface area contributed by atoms with E-state index >= 15 is 0 Å². The SMILES string of the molecule is CC(C)CCC(C)N(C)CC1CCCNC1. The lowest BCUT2D eigenvalue weighted by molar-refractivity contribution is 0.185. The van der Waals surface area contributed by atoms with E-state index in [0.717, 1.165) is 17.9 Å². The highest BCUT2D eigenvalue weighted by atomic mass is 15.1. The lowest BCUT2D eigenvalue weighted by Gasteiger charge is -2.31. The van der Waals surface area contributed by atoms with Gasteiger partial charge in [0.15, 0.2) is 0 Å². The third kappa shape index (κ3) is 5.31. The van der Waals surface area contributed by atoms with Crippen molar-refractivity contribution in [3.63, 3.8) is 0 Å². The first-order valence-corrected chi connectivity index (χ1v) is 7.00. The van der Waals surface area contributed by atoms with Gasteiger partial charge in [0, 0.05) is 12.6 Å². The average Bonchev–Trinajstić information content (AvgIpc) is 2.27. The van der Waals surface area contributed by atoms with E-state index in [1.54, 1.807) is 0 Å². The first-order chi connectivity index (χ1) is 7.59. The maximum atomic E-state index is 3.50. The van der Waals surface area contributed by atoms with Crippen LogP contribution in [0.5, 0.6) is 0 Å². The van der Waals surface area contributed by atoms with Crippen molar-refractivity contribution in [3.8, 4) is 0 Å². The summed E-state index contributed by atoms with van der Waals surface area (Å²) in [5.74, 6) is 1.72. The number of nitrogens with one attached hydrogen (secondary N) is 1. The Morgan fingerprint density at radius 2 is 2.00 bits per heavy atom. The predicted octanol–water partition coefficient (Wildman–Crippen LogP) is 2.74. The summed E-state index contributed by atoms with van der Waals surface area (Å²) in [5, 5.41) is 3.50. The molecule has 2 unspecified atom stereocenters. The first kappa shape index (κ1) is 14.0. The van der Waals surface area contributed by atoms with Crippen molar-refractivity contribution >= 4 is 0 Å². The number of hydrogen-bond donors (Lipinski definition) is 1. The minimum Gasteiger partial charge on any atom is -0.316 e. The summed E-state index contributed by atoms with van der Waals surface area (Å²) in [5.41, 5.74) is 0. The van der Waals surface area contributed by atoms with Crippen molar-refractivity contribution in [1.82, 2.24) is 10.2 Å². The Balaban J connectivity index is 2.19. The molecule has 0 aromatic carbocycles. The van der Waals surface area contributed by atoms with Gasteiger partial charge in [0.1, 0.15) is 0 Å². The largest absolute Gasteiger partial charge is 0.316 e. The van der Waals surface area contributed by atoms with E-state index in [9.17, 15) is 0 Å². The molecule has 1 N–H and O–H groups in total. The van der Waals surface area contributed by atoms with Crippen LogP contribution in [0.4, 0.5) is 0 Å². The van der Waals surface area contributed by atoms with Crippen molar-refractivity contribution in [2.24, 2.45) is 11.8 Å². The fourth-order valence-electron chi connectivity index (χ4n) is 2.46. The molecule has 1 heterocycles. The van der Waals surface area contributed by atoms with Gasteiger partial charge in [-0.3, -0.25) is 0 Å². The average molecular weight is 226 g/mol. The number of hydrogen-bond acceptors (Lipinski definition) is 2. The van der Waals surface area contributed by atoms with Gasteiger partial charge in [-0.15, -0.1) is 0 Å². The minimum absolute atomic E-state index is 0.740. The highest BCUT2D eigenvalue weighted by molar-refractivity contribution is 4.74. The van der Waals surface area contributed by atoms with Crippen molar-refractivity contribution in [3.05, 3.63) is 0 Å². The summed E-state index contributed by atoms with van der Waals surface area (Å²) in [7, 11) is 2.29. The molecule has 96 valence electrons. The molecule has 1 aliphatic rings. The van der Waals surface area contributed by atoms with Crippen LogP contribution in [0, 0.1) is 11.8 Å². The van der Waals surface area contributed by atoms with E-state index in [1.165, 1.54) is 45.3 Å². The molecule has 0 saturated carbocycles. The molecule has 2 heteroatoms. The van der Waals surface area contributed by atoms with E-state index in [2.05, 4.69) is 38.0 Å². The maximum Gasteiger partial charge on any atom is 0.00641 e. The second kappa shape index (κ2) is 7.29. The van der Waals surface area contributed by atoms with Crippen LogP contribution in [0.2, 0.25) is 0 Å². The predicted molar refractivity (Wildman–Crippen MR) is 71.8 cm³/mol. The fourth-order valence-corrected chi connectivity index (χ4v) is 2.46. The molecule has 2 nitrogen and oxygen atoms in total. The molecule has 0 bridgehead atoms. The Hall–Kier alpha value is -0.0800. The minimum atomic E-state index is 0.740. The van der Waals surface area contributed by atoms with Crippen LogP contribution in [0.3, 0.4) is 0 Å². The zero-order valence-corrected chi connectivity index (χ0v) is 11.6. The summed E-state index contributed by atoms with van der Waals surface area (Å²) in [6.07, 6.45) is 5.47. The molecule has 1 rings (SSSR count). The van der Waals surface area contributed by atoms with Gasteiger partial charge in [-0.2, -0.15) is 0 Å². The number of piperidine rings is 1. The smallest absolute Gasteiger partial charge is 0.00641 e. The van der Waals surface area contributed by atoms with E-state index in [0.29, 0.717) is 0 Å². The monoisotopic (exact) mass is 226 g/mol. The summed E-state index contributed by atoms with van der Waals surface area (Å²) in [6, 6.07) is 0.740. The molecule has 0 aromatic rings. The summed E-state index contributed by atoms with van der Waals surface area (Å²) >= 11 is 0. The number of rotatable bonds is 6. The van der Waals surface area contributed by atoms with Gasteiger partial charge >= 0.3 is 0 Å². The first-order valence-electron chi connectivity index (χ1n) is 7.00. The second-order valence-corrected chi connectivity index (χ2v) is 5.97. The van der Waals surface area contributed by atoms with E-state index in [4.69, 9.17) is 0 Å². The lowest BCUT2D eigenvalue weighted by Crippen LogP contribution is -2.40. The highest BCUT2D eigenvalue weighted by Gasteiger charge is 2.17. The molecule has 0 amide bonds. The van der Waals surface area contributed by atoms with Gasteiger partial charge < -0.3 is 10.2 Å². The Morgan fingerprint density at radius 1 is 1.25 bits per heavy atom. The Kier molecular flexibility index (Phi) is 6.37. The Morgan fingerprint density at radius 3 is 2.56 bits per heavy atom. The third-order valence-corrected chi connectivity index (χ3v) is 3.86. The Bertz CT molecular complexity index is 174. The third-order valence-electron chi connectivity index (χ3n) is 3.86. The van der Waals surface area contributed by atoms with Gasteiger partial charge in [-0.1, -0.05) is 13.8 Å². The van der Waals surface area contributed by atoms with Crippen LogP contribution in [-0.2, 0) is 0 Å². The van der Waals surface area contributed by atoms with Gasteiger partial charge in [-0.05, 0) is 64.6 Å². The zero-order chi connectivity index (χ0) is 12.0. The van der Waals surface area contributed by atoms with Gasteiger partial charge in [-0.25, -0.2) is 0 Å². The highest BCUT2D eigenvalue weighted by Crippen LogP contribution is 2.15. The fraction of sp³-hybridized carbons (Fsp3) is 1.00. The molecule has 0 radical (unpaired) electrons. The normalized spacial score (nSPS) is 24.0. The summed E-state index contributed by atoms with van der Waals surface area (Å²) in [4.78, 5) is 2.56. The van der Waals surface area contributed by atoms with Crippen LogP contribution in [0.15, 0.2) is 0 Å². The van der Waals surface area contributed by atoms with Gasteiger partial charge in [0.2, 0.25) is 0 Å². The van der Waals surface area contributed by atoms with Crippen LogP contribution in [-0.4, -0.2) is 37.6 Å². The van der Waals surface area contributed by atoms with E-state index in [-0.39, 0.29) is 0 Å². The van der Waals surface area contributed by atoms with Crippen molar-refractivity contribution < 1.29 is 0 Å². The lowest BCUT2D eigenvalue weighted by atomic mass is 9.97. The summed E-state index contributed by atoms with van der Waals surface area (Å²) < 4.78 is 0. The van der Waals surface area contributed by atoms with Gasteiger partial charge in [0.25, 0.3) is 0 Å². The van der Waals surface area contributed by atoms with E-state index in [1.807, 2.05) is 0 Å². The van der Waals surface area contributed by atoms with Crippen LogP contribution in [0.1, 0.15) is 46.5 Å². The van der Waals surface area contributed by atoms with Crippen molar-refractivity contribution in [2.75, 3.05) is 26.7 Å². The molecular formula is C14H30N2. The Labute approximate surface area is 102 Å². The molecule has 0 aromatic heterocycles. The molecule has 0 spiro atoms. The molecule has 0 aliphatic carbocycles.